The molecule has 0 spiro atoms. The van der Waals surface area contributed by atoms with Gasteiger partial charge in [-0.05, 0) is 12.1 Å². The third-order valence-corrected chi connectivity index (χ3v) is 3.07. The second kappa shape index (κ2) is 4.65. The summed E-state index contributed by atoms with van der Waals surface area (Å²) >= 11 is 0. The smallest absolute Gasteiger partial charge is 0.328 e. The zero-order valence-corrected chi connectivity index (χ0v) is 10.5. The first-order valence-corrected chi connectivity index (χ1v) is 6.07. The van der Waals surface area contributed by atoms with Crippen molar-refractivity contribution in [1.82, 2.24) is 14.5 Å². The monoisotopic (exact) mass is 268 g/mol. The molecule has 0 aliphatic heterocycles. The van der Waals surface area contributed by atoms with E-state index >= 15 is 0 Å². The Bertz CT molecular complexity index is 895. The molecule has 0 aliphatic carbocycles. The lowest BCUT2D eigenvalue weighted by Crippen LogP contribution is -2.29. The van der Waals surface area contributed by atoms with Crippen LogP contribution in [0.4, 0.5) is 5.82 Å². The number of anilines is 1. The normalized spacial score (nSPS) is 10.8. The molecule has 0 unspecified atom stereocenters. The summed E-state index contributed by atoms with van der Waals surface area (Å²) < 4.78 is 1.38. The van der Waals surface area contributed by atoms with Crippen molar-refractivity contribution in [3.63, 3.8) is 0 Å². The van der Waals surface area contributed by atoms with Gasteiger partial charge in [0.15, 0.2) is 0 Å². The zero-order chi connectivity index (χ0) is 14.1. The van der Waals surface area contributed by atoms with E-state index in [0.29, 0.717) is 5.82 Å². The Hall–Kier alpha value is -2.89. The second-order valence-electron chi connectivity index (χ2n) is 4.46. The van der Waals surface area contributed by atoms with Crippen molar-refractivity contribution in [2.24, 2.45) is 0 Å². The third-order valence-electron chi connectivity index (χ3n) is 3.07. The summed E-state index contributed by atoms with van der Waals surface area (Å²) in [4.78, 5) is 29.2. The molecule has 2 aromatic heterocycles. The van der Waals surface area contributed by atoms with Crippen molar-refractivity contribution in [2.75, 3.05) is 5.73 Å². The number of hydrogen-bond donors (Lipinski definition) is 2. The average molecular weight is 268 g/mol. The second-order valence-corrected chi connectivity index (χ2v) is 4.46. The number of rotatable bonds is 2. The first kappa shape index (κ1) is 12.2. The van der Waals surface area contributed by atoms with E-state index in [2.05, 4.69) is 9.97 Å². The molecule has 0 atom stereocenters. The van der Waals surface area contributed by atoms with Gasteiger partial charge in [0, 0.05) is 23.2 Å². The van der Waals surface area contributed by atoms with Gasteiger partial charge in [-0.25, -0.2) is 9.78 Å². The molecule has 6 heteroatoms. The number of H-pyrrole nitrogens is 1. The summed E-state index contributed by atoms with van der Waals surface area (Å²) in [6, 6.07) is 10.8. The van der Waals surface area contributed by atoms with E-state index in [1.54, 1.807) is 0 Å². The minimum atomic E-state index is -0.468. The maximum absolute atomic E-state index is 11.7. The molecule has 0 amide bonds. The van der Waals surface area contributed by atoms with Gasteiger partial charge < -0.3 is 5.73 Å². The van der Waals surface area contributed by atoms with Crippen molar-refractivity contribution in [1.29, 1.82) is 0 Å². The number of aromatic nitrogens is 3. The van der Waals surface area contributed by atoms with E-state index < -0.39 is 11.2 Å². The first-order chi connectivity index (χ1) is 9.63. The van der Waals surface area contributed by atoms with E-state index in [1.807, 2.05) is 30.3 Å². The Balaban J connectivity index is 2.08. The lowest BCUT2D eigenvalue weighted by atomic mass is 10.1. The number of pyridine rings is 1. The molecule has 0 saturated heterocycles. The van der Waals surface area contributed by atoms with Crippen LogP contribution < -0.4 is 17.0 Å². The topological polar surface area (TPSA) is 93.8 Å². The van der Waals surface area contributed by atoms with E-state index in [-0.39, 0.29) is 6.54 Å². The number of para-hydroxylation sites is 1. The third kappa shape index (κ3) is 2.18. The van der Waals surface area contributed by atoms with Gasteiger partial charge in [-0.15, -0.1) is 0 Å². The van der Waals surface area contributed by atoms with Gasteiger partial charge in [0.2, 0.25) is 0 Å². The molecule has 20 heavy (non-hydrogen) atoms. The van der Waals surface area contributed by atoms with Crippen LogP contribution in [0.25, 0.3) is 10.9 Å². The predicted octanol–water partition coefficient (Wildman–Crippen LogP) is 0.715. The van der Waals surface area contributed by atoms with E-state index in [9.17, 15) is 9.59 Å². The lowest BCUT2D eigenvalue weighted by Gasteiger charge is -2.08. The number of benzene rings is 1. The highest BCUT2D eigenvalue weighted by atomic mass is 16.2. The molecule has 0 aliphatic rings. The highest BCUT2D eigenvalue weighted by Gasteiger charge is 2.06. The number of nitrogens with one attached hydrogen (secondary N) is 1. The largest absolute Gasteiger partial charge is 0.383 e. The SMILES string of the molecule is Nc1nc2ccccc2cc1Cn1ccc(=O)[nH]c1=O. The molecule has 100 valence electrons. The van der Waals surface area contributed by atoms with Crippen LogP contribution in [0.5, 0.6) is 0 Å². The number of fused-ring (bicyclic) bond motifs is 1. The molecule has 3 N–H and O–H groups in total. The van der Waals surface area contributed by atoms with Crippen LogP contribution in [0, 0.1) is 0 Å². The van der Waals surface area contributed by atoms with E-state index in [0.717, 1.165) is 16.5 Å². The van der Waals surface area contributed by atoms with Crippen molar-refractivity contribution >= 4 is 16.7 Å². The number of aromatic amines is 1. The van der Waals surface area contributed by atoms with Crippen LogP contribution >= 0.6 is 0 Å². The molecule has 6 nitrogen and oxygen atoms in total. The van der Waals surface area contributed by atoms with E-state index in [1.165, 1.54) is 16.8 Å². The van der Waals surface area contributed by atoms with Crippen LogP contribution in [-0.4, -0.2) is 14.5 Å². The quantitative estimate of drug-likeness (QED) is 0.716. The predicted molar refractivity (Wildman–Crippen MR) is 76.6 cm³/mol. The number of nitrogen functional groups attached to an aromatic ring is 1. The molecule has 3 aromatic rings. The van der Waals surface area contributed by atoms with Crippen molar-refractivity contribution in [3.05, 3.63) is 69.0 Å². The fourth-order valence-corrected chi connectivity index (χ4v) is 2.05. The maximum atomic E-state index is 11.7. The molecule has 0 bridgehead atoms. The van der Waals surface area contributed by atoms with Gasteiger partial charge in [0.05, 0.1) is 12.1 Å². The van der Waals surface area contributed by atoms with Crippen LogP contribution in [0.3, 0.4) is 0 Å². The standard InChI is InChI=1S/C14H12N4O2/c15-13-10(7-9-3-1-2-4-11(9)16-13)8-18-6-5-12(19)17-14(18)20/h1-7H,8H2,(H2,15,16)(H,17,19,20). The minimum Gasteiger partial charge on any atom is -0.383 e. The minimum absolute atomic E-state index is 0.263. The summed E-state index contributed by atoms with van der Waals surface area (Å²) in [5.41, 5.74) is 6.57. The number of hydrogen-bond acceptors (Lipinski definition) is 4. The van der Waals surface area contributed by atoms with Crippen LogP contribution in [0.2, 0.25) is 0 Å². The van der Waals surface area contributed by atoms with Gasteiger partial charge in [-0.3, -0.25) is 14.3 Å². The summed E-state index contributed by atoms with van der Waals surface area (Å²) in [6.07, 6.45) is 1.44. The molecule has 3 rings (SSSR count). The van der Waals surface area contributed by atoms with Crippen molar-refractivity contribution < 1.29 is 0 Å². The van der Waals surface area contributed by atoms with Gasteiger partial charge in [-0.1, -0.05) is 18.2 Å². The Morgan fingerprint density at radius 3 is 2.80 bits per heavy atom. The Morgan fingerprint density at radius 2 is 2.00 bits per heavy atom. The maximum Gasteiger partial charge on any atom is 0.328 e. The van der Waals surface area contributed by atoms with Crippen LogP contribution in [0.15, 0.2) is 52.2 Å². The summed E-state index contributed by atoms with van der Waals surface area (Å²) in [6.45, 7) is 0.263. The average Bonchev–Trinajstić information content (AvgIpc) is 2.42. The van der Waals surface area contributed by atoms with Crippen LogP contribution in [-0.2, 0) is 6.54 Å². The Labute approximate surface area is 113 Å². The Morgan fingerprint density at radius 1 is 1.20 bits per heavy atom. The van der Waals surface area contributed by atoms with E-state index in [4.69, 9.17) is 5.73 Å². The molecule has 0 saturated carbocycles. The van der Waals surface area contributed by atoms with Crippen LogP contribution in [0.1, 0.15) is 5.56 Å². The molecular formula is C14H12N4O2. The summed E-state index contributed by atoms with van der Waals surface area (Å²) in [5, 5.41) is 0.953. The highest BCUT2D eigenvalue weighted by molar-refractivity contribution is 5.81. The zero-order valence-electron chi connectivity index (χ0n) is 10.5. The van der Waals surface area contributed by atoms with Gasteiger partial charge in [0.25, 0.3) is 5.56 Å². The van der Waals surface area contributed by atoms with Crippen molar-refractivity contribution in [2.45, 2.75) is 6.54 Å². The lowest BCUT2D eigenvalue weighted by molar-refractivity contribution is 0.721. The van der Waals surface area contributed by atoms with Gasteiger partial charge in [-0.2, -0.15) is 0 Å². The Kier molecular flexibility index (Phi) is 2.83. The summed E-state index contributed by atoms with van der Waals surface area (Å²) in [5.74, 6) is 0.377. The molecule has 0 radical (unpaired) electrons. The fraction of sp³-hybridized carbons (Fsp3) is 0.0714. The fourth-order valence-electron chi connectivity index (χ4n) is 2.05. The number of nitrogens with zero attached hydrogens (tertiary/aromatic N) is 2. The van der Waals surface area contributed by atoms with Crippen molar-refractivity contribution in [3.8, 4) is 0 Å². The highest BCUT2D eigenvalue weighted by Crippen LogP contribution is 2.18. The molecular weight excluding hydrogens is 256 g/mol. The first-order valence-electron chi connectivity index (χ1n) is 6.07. The molecule has 2 heterocycles. The molecule has 0 fully saturated rings. The molecule has 1 aromatic carbocycles. The number of nitrogens with two attached hydrogens (primary N) is 1. The van der Waals surface area contributed by atoms with Gasteiger partial charge in [0.1, 0.15) is 5.82 Å². The summed E-state index contributed by atoms with van der Waals surface area (Å²) in [7, 11) is 0. The van der Waals surface area contributed by atoms with Gasteiger partial charge >= 0.3 is 5.69 Å².